The van der Waals surface area contributed by atoms with Crippen molar-refractivity contribution in [3.8, 4) is 0 Å². The third-order valence-corrected chi connectivity index (χ3v) is 1.96. The van der Waals surface area contributed by atoms with Crippen molar-refractivity contribution in [3.05, 3.63) is 23.7 Å². The number of tetrazole rings is 1. The largest absolute Gasteiger partial charge is 0.398 e. The fraction of sp³-hybridized carbons (Fsp3) is 0.250. The number of rotatable bonds is 3. The highest BCUT2D eigenvalue weighted by atomic mass is 15.5. The van der Waals surface area contributed by atoms with Crippen LogP contribution in [0.2, 0.25) is 0 Å². The molecule has 2 rings (SSSR count). The van der Waals surface area contributed by atoms with Gasteiger partial charge in [-0.25, -0.2) is 4.98 Å². The molecule has 0 unspecified atom stereocenters. The molecule has 0 amide bonds. The van der Waals surface area contributed by atoms with Gasteiger partial charge in [0, 0.05) is 18.0 Å². The number of H-pyrrole nitrogens is 1. The maximum absolute atomic E-state index is 5.74. The predicted molar refractivity (Wildman–Crippen MR) is 54.9 cm³/mol. The molecule has 0 saturated carbocycles. The van der Waals surface area contributed by atoms with Gasteiger partial charge in [-0.05, 0) is 12.5 Å². The first-order valence-electron chi connectivity index (χ1n) is 4.44. The van der Waals surface area contributed by atoms with E-state index in [1.165, 1.54) is 0 Å². The molecule has 2 aromatic rings. The SMILES string of the molecule is Cc1cnc(NCc2nn[nH]n2)cc1N. The number of pyridine rings is 1. The Kier molecular flexibility index (Phi) is 2.44. The second-order valence-electron chi connectivity index (χ2n) is 3.11. The molecule has 0 bridgehead atoms. The highest BCUT2D eigenvalue weighted by Crippen LogP contribution is 2.13. The van der Waals surface area contributed by atoms with Crippen LogP contribution in [0.5, 0.6) is 0 Å². The van der Waals surface area contributed by atoms with Crippen molar-refractivity contribution in [3.63, 3.8) is 0 Å². The number of aromatic nitrogens is 5. The lowest BCUT2D eigenvalue weighted by molar-refractivity contribution is 0.881. The Morgan fingerprint density at radius 1 is 1.53 bits per heavy atom. The average Bonchev–Trinajstić information content (AvgIpc) is 2.73. The Hall–Kier alpha value is -2.18. The first-order chi connectivity index (χ1) is 7.25. The van der Waals surface area contributed by atoms with Crippen LogP contribution in [-0.4, -0.2) is 25.6 Å². The Labute approximate surface area is 86.1 Å². The Bertz CT molecular complexity index is 436. The Morgan fingerprint density at radius 3 is 3.07 bits per heavy atom. The van der Waals surface area contributed by atoms with Crippen molar-refractivity contribution < 1.29 is 0 Å². The highest BCUT2D eigenvalue weighted by molar-refractivity contribution is 5.53. The van der Waals surface area contributed by atoms with Gasteiger partial charge in [0.1, 0.15) is 5.82 Å². The number of aryl methyl sites for hydroxylation is 1. The van der Waals surface area contributed by atoms with Crippen molar-refractivity contribution in [2.75, 3.05) is 11.1 Å². The van der Waals surface area contributed by atoms with E-state index in [9.17, 15) is 0 Å². The average molecular weight is 205 g/mol. The fourth-order valence-corrected chi connectivity index (χ4v) is 1.06. The van der Waals surface area contributed by atoms with Crippen molar-refractivity contribution in [1.29, 1.82) is 0 Å². The summed E-state index contributed by atoms with van der Waals surface area (Å²) in [5.74, 6) is 1.28. The first kappa shape index (κ1) is 9.38. The monoisotopic (exact) mass is 205 g/mol. The van der Waals surface area contributed by atoms with Crippen LogP contribution in [0.4, 0.5) is 11.5 Å². The van der Waals surface area contributed by atoms with E-state index in [2.05, 4.69) is 30.9 Å². The maximum atomic E-state index is 5.74. The molecule has 78 valence electrons. The molecule has 0 saturated heterocycles. The van der Waals surface area contributed by atoms with E-state index in [1.807, 2.05) is 6.92 Å². The lowest BCUT2D eigenvalue weighted by Gasteiger charge is -2.04. The van der Waals surface area contributed by atoms with Crippen LogP contribution in [0, 0.1) is 6.92 Å². The van der Waals surface area contributed by atoms with E-state index in [-0.39, 0.29) is 0 Å². The molecule has 0 aromatic carbocycles. The molecule has 7 heteroatoms. The minimum Gasteiger partial charge on any atom is -0.398 e. The lowest BCUT2D eigenvalue weighted by Crippen LogP contribution is -2.04. The number of nitrogens with zero attached hydrogens (tertiary/aromatic N) is 4. The molecule has 0 aliphatic rings. The lowest BCUT2D eigenvalue weighted by atomic mass is 10.2. The van der Waals surface area contributed by atoms with E-state index in [0.717, 1.165) is 5.56 Å². The van der Waals surface area contributed by atoms with Crippen molar-refractivity contribution >= 4 is 11.5 Å². The number of nitrogen functional groups attached to an aromatic ring is 1. The van der Waals surface area contributed by atoms with E-state index in [0.29, 0.717) is 23.9 Å². The van der Waals surface area contributed by atoms with E-state index < -0.39 is 0 Å². The first-order valence-corrected chi connectivity index (χ1v) is 4.44. The molecule has 0 fully saturated rings. The zero-order valence-electron chi connectivity index (χ0n) is 8.23. The van der Waals surface area contributed by atoms with E-state index >= 15 is 0 Å². The smallest absolute Gasteiger partial charge is 0.193 e. The molecule has 15 heavy (non-hydrogen) atoms. The second-order valence-corrected chi connectivity index (χ2v) is 3.11. The van der Waals surface area contributed by atoms with Crippen LogP contribution in [0.1, 0.15) is 11.4 Å². The van der Waals surface area contributed by atoms with Crippen LogP contribution < -0.4 is 11.1 Å². The standard InChI is InChI=1S/C8H11N7/c1-5-3-10-7(2-6(5)9)11-4-8-12-14-15-13-8/h2-3H,4H2,1H3,(H3,9,10,11)(H,12,13,14,15). The third-order valence-electron chi connectivity index (χ3n) is 1.96. The molecular formula is C8H11N7. The Morgan fingerprint density at radius 2 is 2.40 bits per heavy atom. The summed E-state index contributed by atoms with van der Waals surface area (Å²) in [6.07, 6.45) is 1.72. The van der Waals surface area contributed by atoms with Gasteiger partial charge in [-0.3, -0.25) is 0 Å². The van der Waals surface area contributed by atoms with Crippen molar-refractivity contribution in [2.24, 2.45) is 0 Å². The van der Waals surface area contributed by atoms with Crippen molar-refractivity contribution in [2.45, 2.75) is 13.5 Å². The van der Waals surface area contributed by atoms with Crippen LogP contribution in [0.15, 0.2) is 12.3 Å². The molecule has 0 spiro atoms. The summed E-state index contributed by atoms with van der Waals surface area (Å²) >= 11 is 0. The van der Waals surface area contributed by atoms with Gasteiger partial charge in [0.05, 0.1) is 6.54 Å². The predicted octanol–water partition coefficient (Wildman–Crippen LogP) is 0.0974. The summed E-state index contributed by atoms with van der Waals surface area (Å²) in [6, 6.07) is 1.77. The summed E-state index contributed by atoms with van der Waals surface area (Å²) in [4.78, 5) is 4.16. The number of nitrogens with two attached hydrogens (primary N) is 1. The van der Waals surface area contributed by atoms with Gasteiger partial charge in [-0.1, -0.05) is 5.21 Å². The van der Waals surface area contributed by atoms with Gasteiger partial charge in [0.25, 0.3) is 0 Å². The van der Waals surface area contributed by atoms with Crippen LogP contribution in [0.25, 0.3) is 0 Å². The van der Waals surface area contributed by atoms with E-state index in [1.54, 1.807) is 12.3 Å². The van der Waals surface area contributed by atoms with E-state index in [4.69, 9.17) is 5.73 Å². The normalized spacial score (nSPS) is 10.2. The second kappa shape index (κ2) is 3.91. The highest BCUT2D eigenvalue weighted by Gasteiger charge is 2.00. The molecular weight excluding hydrogens is 194 g/mol. The molecule has 7 nitrogen and oxygen atoms in total. The minimum absolute atomic E-state index is 0.464. The van der Waals surface area contributed by atoms with Crippen LogP contribution >= 0.6 is 0 Å². The summed E-state index contributed by atoms with van der Waals surface area (Å²) in [6.45, 7) is 2.37. The summed E-state index contributed by atoms with van der Waals surface area (Å²) in [7, 11) is 0. The maximum Gasteiger partial charge on any atom is 0.193 e. The van der Waals surface area contributed by atoms with Gasteiger partial charge in [0.15, 0.2) is 5.82 Å². The van der Waals surface area contributed by atoms with Crippen LogP contribution in [-0.2, 0) is 6.54 Å². The fourth-order valence-electron chi connectivity index (χ4n) is 1.06. The summed E-state index contributed by atoms with van der Waals surface area (Å²) < 4.78 is 0. The molecule has 0 aliphatic carbocycles. The zero-order chi connectivity index (χ0) is 10.7. The number of hydrogen-bond acceptors (Lipinski definition) is 6. The zero-order valence-corrected chi connectivity index (χ0v) is 8.23. The van der Waals surface area contributed by atoms with Crippen molar-refractivity contribution in [1.82, 2.24) is 25.6 Å². The van der Waals surface area contributed by atoms with Gasteiger partial charge in [-0.2, -0.15) is 5.21 Å². The number of nitrogens with one attached hydrogen (secondary N) is 2. The number of aromatic amines is 1. The number of anilines is 2. The molecule has 0 radical (unpaired) electrons. The quantitative estimate of drug-likeness (QED) is 0.656. The Balaban J connectivity index is 2.02. The number of hydrogen-bond donors (Lipinski definition) is 3. The van der Waals surface area contributed by atoms with Gasteiger partial charge in [0.2, 0.25) is 0 Å². The van der Waals surface area contributed by atoms with Crippen LogP contribution in [0.3, 0.4) is 0 Å². The molecule has 0 aliphatic heterocycles. The van der Waals surface area contributed by atoms with Gasteiger partial charge in [-0.15, -0.1) is 10.2 Å². The topological polar surface area (TPSA) is 105 Å². The van der Waals surface area contributed by atoms with Gasteiger partial charge < -0.3 is 11.1 Å². The summed E-state index contributed by atoms with van der Waals surface area (Å²) in [5, 5.41) is 16.5. The minimum atomic E-state index is 0.464. The third kappa shape index (κ3) is 2.19. The molecule has 0 atom stereocenters. The van der Waals surface area contributed by atoms with Gasteiger partial charge >= 0.3 is 0 Å². The molecule has 2 aromatic heterocycles. The summed E-state index contributed by atoms with van der Waals surface area (Å²) in [5.41, 5.74) is 7.41. The molecule has 2 heterocycles. The molecule has 4 N–H and O–H groups in total.